The van der Waals surface area contributed by atoms with Crippen LogP contribution < -0.4 is 5.32 Å². The zero-order valence-electron chi connectivity index (χ0n) is 12.6. The Hall–Kier alpha value is -2.15. The summed E-state index contributed by atoms with van der Waals surface area (Å²) in [4.78, 5) is 12.8. The molecule has 1 aromatic heterocycles. The molecule has 0 aliphatic heterocycles. The highest BCUT2D eigenvalue weighted by atomic mass is 32.1. The topological polar surface area (TPSA) is 89.8 Å². The highest BCUT2D eigenvalue weighted by molar-refractivity contribution is 7.11. The summed E-state index contributed by atoms with van der Waals surface area (Å²) in [6, 6.07) is 7.53. The summed E-state index contributed by atoms with van der Waals surface area (Å²) >= 11 is 1.44. The van der Waals surface area contributed by atoms with Gasteiger partial charge < -0.3 is 20.6 Å². The molecule has 0 aliphatic carbocycles. The van der Waals surface area contributed by atoms with Gasteiger partial charge in [-0.3, -0.25) is 4.79 Å². The third kappa shape index (κ3) is 4.92. The molecule has 2 atom stereocenters. The number of hydrogen-bond acceptors (Lipinski definition) is 5. The average molecular weight is 333 g/mol. The van der Waals surface area contributed by atoms with Crippen molar-refractivity contribution in [1.82, 2.24) is 5.32 Å². The Labute approximate surface area is 138 Å². The number of phenolic OH excluding ortho intramolecular Hbond substituents is 1. The van der Waals surface area contributed by atoms with Crippen molar-refractivity contribution in [3.05, 3.63) is 57.8 Å². The van der Waals surface area contributed by atoms with E-state index in [9.17, 15) is 15.0 Å². The number of aromatic hydroxyl groups is 1. The molecule has 122 valence electrons. The molecule has 6 heteroatoms. The molecular weight excluding hydrogens is 314 g/mol. The van der Waals surface area contributed by atoms with Crippen LogP contribution in [0.5, 0.6) is 5.75 Å². The molecule has 2 rings (SSSR count). The molecule has 4 N–H and O–H groups in total. The van der Waals surface area contributed by atoms with Gasteiger partial charge in [-0.25, -0.2) is 0 Å². The number of phenols is 1. The Bertz CT molecular complexity index is 678. The number of nitrogens with one attached hydrogen (secondary N) is 1. The number of benzene rings is 1. The Morgan fingerprint density at radius 2 is 2.04 bits per heavy atom. The summed E-state index contributed by atoms with van der Waals surface area (Å²) in [6.07, 6.45) is 2.20. The van der Waals surface area contributed by atoms with Gasteiger partial charge in [0.1, 0.15) is 5.75 Å². The smallest absolute Gasteiger partial charge is 0.244 e. The summed E-state index contributed by atoms with van der Waals surface area (Å²) in [5.41, 5.74) is 1.43. The second-order valence-electron chi connectivity index (χ2n) is 5.18. The van der Waals surface area contributed by atoms with Gasteiger partial charge in [0.2, 0.25) is 5.91 Å². The normalized spacial score (nSPS) is 13.9. The van der Waals surface area contributed by atoms with Crippen LogP contribution in [0.3, 0.4) is 0 Å². The molecule has 5 nitrogen and oxygen atoms in total. The molecule has 0 spiro atoms. The van der Waals surface area contributed by atoms with E-state index < -0.39 is 12.1 Å². The van der Waals surface area contributed by atoms with E-state index in [2.05, 4.69) is 5.32 Å². The summed E-state index contributed by atoms with van der Waals surface area (Å²) in [5.74, 6) is -0.187. The van der Waals surface area contributed by atoms with Gasteiger partial charge in [-0.15, -0.1) is 11.3 Å². The molecule has 0 saturated carbocycles. The van der Waals surface area contributed by atoms with Gasteiger partial charge in [0.15, 0.2) is 0 Å². The molecule has 1 amide bonds. The first-order valence-electron chi connectivity index (χ1n) is 7.13. The van der Waals surface area contributed by atoms with Crippen molar-refractivity contribution in [2.24, 2.45) is 0 Å². The Balaban J connectivity index is 1.92. The standard InChI is InChI=1S/C17H19NO4S/c1-11(17(22)13-2-4-14(20)5-3-13)18-16(21)7-6-15-8-12(9-19)10-23-15/h2-8,10-11,17,19-20,22H,9H2,1H3,(H,18,21)/t11-,17-/m1/s1. The van der Waals surface area contributed by atoms with Gasteiger partial charge in [-0.1, -0.05) is 12.1 Å². The molecule has 0 radical (unpaired) electrons. The SMILES string of the molecule is C[C@@H](NC(=O)C=Cc1cc(CO)cs1)[C@@H](O)c1ccc(O)cc1. The zero-order valence-corrected chi connectivity index (χ0v) is 13.5. The molecule has 1 aromatic carbocycles. The van der Waals surface area contributed by atoms with Crippen LogP contribution in [0.25, 0.3) is 6.08 Å². The molecule has 0 saturated heterocycles. The maximum absolute atomic E-state index is 11.9. The lowest BCUT2D eigenvalue weighted by Gasteiger charge is -2.19. The van der Waals surface area contributed by atoms with Gasteiger partial charge in [0, 0.05) is 11.0 Å². The largest absolute Gasteiger partial charge is 0.508 e. The molecular formula is C17H19NO4S. The lowest BCUT2D eigenvalue weighted by molar-refractivity contribution is -0.117. The van der Waals surface area contributed by atoms with E-state index in [1.165, 1.54) is 29.5 Å². The first-order chi connectivity index (χ1) is 11.0. The number of amides is 1. The van der Waals surface area contributed by atoms with Crippen LogP contribution in [0, 0.1) is 0 Å². The van der Waals surface area contributed by atoms with Crippen LogP contribution in [-0.2, 0) is 11.4 Å². The summed E-state index contributed by atoms with van der Waals surface area (Å²) < 4.78 is 0. The van der Waals surface area contributed by atoms with Gasteiger partial charge in [-0.2, -0.15) is 0 Å². The van der Waals surface area contributed by atoms with Crippen molar-refractivity contribution >= 4 is 23.3 Å². The molecule has 0 fully saturated rings. The third-order valence-corrected chi connectivity index (χ3v) is 4.28. The second-order valence-corrected chi connectivity index (χ2v) is 6.13. The predicted octanol–water partition coefficient (Wildman–Crippen LogP) is 2.20. The third-order valence-electron chi connectivity index (χ3n) is 3.33. The van der Waals surface area contributed by atoms with Gasteiger partial charge >= 0.3 is 0 Å². The van der Waals surface area contributed by atoms with Crippen molar-refractivity contribution in [3.63, 3.8) is 0 Å². The van der Waals surface area contributed by atoms with E-state index in [1.807, 2.05) is 11.4 Å². The highest BCUT2D eigenvalue weighted by Gasteiger charge is 2.17. The molecule has 0 aliphatic rings. The number of hydrogen-bond donors (Lipinski definition) is 4. The van der Waals surface area contributed by atoms with Crippen LogP contribution in [-0.4, -0.2) is 27.3 Å². The fourth-order valence-corrected chi connectivity index (χ4v) is 2.83. The summed E-state index contributed by atoms with van der Waals surface area (Å²) in [5, 5.41) is 33.0. The van der Waals surface area contributed by atoms with E-state index in [0.717, 1.165) is 10.4 Å². The number of thiophene rings is 1. The lowest BCUT2D eigenvalue weighted by Crippen LogP contribution is -2.36. The molecule has 0 unspecified atom stereocenters. The van der Waals surface area contributed by atoms with E-state index in [0.29, 0.717) is 5.56 Å². The molecule has 2 aromatic rings. The Kier molecular flexibility index (Phi) is 5.92. The minimum absolute atomic E-state index is 0.0214. The molecule has 1 heterocycles. The number of carbonyl (C=O) groups is 1. The monoisotopic (exact) mass is 333 g/mol. The van der Waals surface area contributed by atoms with Crippen molar-refractivity contribution in [3.8, 4) is 5.75 Å². The van der Waals surface area contributed by atoms with Crippen molar-refractivity contribution in [2.45, 2.75) is 25.7 Å². The number of carbonyl (C=O) groups excluding carboxylic acids is 1. The first kappa shape index (κ1) is 17.2. The molecule has 23 heavy (non-hydrogen) atoms. The predicted molar refractivity (Wildman–Crippen MR) is 89.9 cm³/mol. The fourth-order valence-electron chi connectivity index (χ4n) is 2.03. The van der Waals surface area contributed by atoms with Gasteiger partial charge in [-0.05, 0) is 47.7 Å². The minimum Gasteiger partial charge on any atom is -0.508 e. The van der Waals surface area contributed by atoms with E-state index in [1.54, 1.807) is 25.1 Å². The van der Waals surface area contributed by atoms with E-state index >= 15 is 0 Å². The number of rotatable bonds is 6. The van der Waals surface area contributed by atoms with Crippen molar-refractivity contribution in [2.75, 3.05) is 0 Å². The second kappa shape index (κ2) is 7.92. The average Bonchev–Trinajstić information content (AvgIpc) is 3.01. The summed E-state index contributed by atoms with van der Waals surface area (Å²) in [7, 11) is 0. The van der Waals surface area contributed by atoms with E-state index in [4.69, 9.17) is 5.11 Å². The van der Waals surface area contributed by atoms with E-state index in [-0.39, 0.29) is 18.3 Å². The van der Waals surface area contributed by atoms with Crippen LogP contribution >= 0.6 is 11.3 Å². The van der Waals surface area contributed by atoms with Crippen molar-refractivity contribution < 1.29 is 20.1 Å². The minimum atomic E-state index is -0.865. The van der Waals surface area contributed by atoms with Crippen LogP contribution in [0.2, 0.25) is 0 Å². The lowest BCUT2D eigenvalue weighted by atomic mass is 10.0. The maximum Gasteiger partial charge on any atom is 0.244 e. The molecule has 0 bridgehead atoms. The maximum atomic E-state index is 11.9. The number of aliphatic hydroxyl groups excluding tert-OH is 2. The van der Waals surface area contributed by atoms with Crippen LogP contribution in [0.4, 0.5) is 0 Å². The quantitative estimate of drug-likeness (QED) is 0.610. The van der Waals surface area contributed by atoms with Crippen LogP contribution in [0.1, 0.15) is 29.0 Å². The zero-order chi connectivity index (χ0) is 16.8. The van der Waals surface area contributed by atoms with Crippen LogP contribution in [0.15, 0.2) is 41.8 Å². The Morgan fingerprint density at radius 3 is 2.65 bits per heavy atom. The summed E-state index contributed by atoms with van der Waals surface area (Å²) in [6.45, 7) is 1.69. The number of aliphatic hydroxyl groups is 2. The first-order valence-corrected chi connectivity index (χ1v) is 8.01. The van der Waals surface area contributed by atoms with Gasteiger partial charge in [0.25, 0.3) is 0 Å². The Morgan fingerprint density at radius 1 is 1.35 bits per heavy atom. The fraction of sp³-hybridized carbons (Fsp3) is 0.235. The van der Waals surface area contributed by atoms with Gasteiger partial charge in [0.05, 0.1) is 18.8 Å². The van der Waals surface area contributed by atoms with Crippen molar-refractivity contribution in [1.29, 1.82) is 0 Å². The highest BCUT2D eigenvalue weighted by Crippen LogP contribution is 2.20.